The Morgan fingerprint density at radius 2 is 2.24 bits per heavy atom. The predicted octanol–water partition coefficient (Wildman–Crippen LogP) is 1.76. The fraction of sp³-hybridized carbons (Fsp3) is 0.571. The number of likely N-dealkylation sites (N-methyl/N-ethyl adjacent to an activating group) is 1. The quantitative estimate of drug-likeness (QED) is 0.850. The normalized spacial score (nSPS) is 20.6. The van der Waals surface area contributed by atoms with Crippen LogP contribution in [0.4, 0.5) is 0 Å². The zero-order valence-corrected chi connectivity index (χ0v) is 14.7. The lowest BCUT2D eigenvalue weighted by Crippen LogP contribution is -2.47. The zero-order valence-electron chi connectivity index (χ0n) is 12.3. The van der Waals surface area contributed by atoms with Crippen LogP contribution < -0.4 is 4.72 Å². The molecule has 0 bridgehead atoms. The Morgan fingerprint density at radius 1 is 1.48 bits per heavy atom. The third kappa shape index (κ3) is 4.50. The molecule has 1 N–H and O–H groups in total. The van der Waals surface area contributed by atoms with E-state index in [1.54, 1.807) is 18.2 Å². The number of hydrogen-bond acceptors (Lipinski definition) is 4. The average Bonchev–Trinajstić information content (AvgIpc) is 2.48. The van der Waals surface area contributed by atoms with Crippen molar-refractivity contribution in [2.75, 3.05) is 32.8 Å². The maximum atomic E-state index is 12.3. The van der Waals surface area contributed by atoms with Gasteiger partial charge in [0, 0.05) is 24.1 Å². The summed E-state index contributed by atoms with van der Waals surface area (Å²) >= 11 is 3.37. The van der Waals surface area contributed by atoms with Crippen molar-refractivity contribution in [2.24, 2.45) is 0 Å². The van der Waals surface area contributed by atoms with Crippen molar-refractivity contribution < 1.29 is 13.2 Å². The molecule has 1 atom stereocenters. The van der Waals surface area contributed by atoms with Crippen molar-refractivity contribution in [2.45, 2.75) is 24.8 Å². The largest absolute Gasteiger partial charge is 0.374 e. The minimum absolute atomic E-state index is 0.0926. The van der Waals surface area contributed by atoms with Crippen LogP contribution in [0.5, 0.6) is 0 Å². The Kier molecular flexibility index (Phi) is 5.79. The van der Waals surface area contributed by atoms with Gasteiger partial charge in [0.1, 0.15) is 0 Å². The second-order valence-electron chi connectivity index (χ2n) is 5.15. The molecule has 1 aromatic carbocycles. The molecule has 0 spiro atoms. The number of nitrogens with one attached hydrogen (secondary N) is 1. The highest BCUT2D eigenvalue weighted by Gasteiger charge is 2.22. The van der Waals surface area contributed by atoms with E-state index in [-0.39, 0.29) is 11.0 Å². The van der Waals surface area contributed by atoms with Crippen molar-refractivity contribution in [3.8, 4) is 0 Å². The summed E-state index contributed by atoms with van der Waals surface area (Å²) in [6, 6.07) is 5.01. The molecule has 5 nitrogen and oxygen atoms in total. The molecule has 0 radical (unpaired) electrons. The molecule has 1 heterocycles. The molecule has 1 unspecified atom stereocenters. The van der Waals surface area contributed by atoms with Gasteiger partial charge in [0.05, 0.1) is 17.6 Å². The van der Waals surface area contributed by atoms with E-state index in [0.29, 0.717) is 13.2 Å². The Labute approximate surface area is 134 Å². The van der Waals surface area contributed by atoms with Gasteiger partial charge in [0.2, 0.25) is 10.0 Å². The van der Waals surface area contributed by atoms with Crippen molar-refractivity contribution >= 4 is 26.0 Å². The Hall–Kier alpha value is -0.470. The average molecular weight is 377 g/mol. The Bertz CT molecular complexity index is 592. The summed E-state index contributed by atoms with van der Waals surface area (Å²) in [6.45, 7) is 7.54. The number of halogens is 1. The van der Waals surface area contributed by atoms with Crippen LogP contribution in [0, 0.1) is 6.92 Å². The van der Waals surface area contributed by atoms with E-state index in [1.807, 2.05) is 6.92 Å². The third-order valence-electron chi connectivity index (χ3n) is 3.61. The van der Waals surface area contributed by atoms with E-state index >= 15 is 0 Å². The third-order valence-corrected chi connectivity index (χ3v) is 5.92. The molecule has 1 aromatic rings. The van der Waals surface area contributed by atoms with Gasteiger partial charge in [-0.3, -0.25) is 4.90 Å². The molecule has 21 heavy (non-hydrogen) atoms. The first-order valence-electron chi connectivity index (χ1n) is 7.02. The minimum Gasteiger partial charge on any atom is -0.374 e. The van der Waals surface area contributed by atoms with Crippen LogP contribution in [-0.4, -0.2) is 52.2 Å². The fourth-order valence-corrected chi connectivity index (χ4v) is 3.66. The number of ether oxygens (including phenoxy) is 1. The molecule has 0 saturated carbocycles. The molecular weight excluding hydrogens is 356 g/mol. The Morgan fingerprint density at radius 3 is 2.90 bits per heavy atom. The lowest BCUT2D eigenvalue weighted by Gasteiger charge is -2.32. The molecule has 0 aromatic heterocycles. The van der Waals surface area contributed by atoms with Gasteiger partial charge in [0.25, 0.3) is 0 Å². The molecule has 7 heteroatoms. The number of rotatable bonds is 5. The monoisotopic (exact) mass is 376 g/mol. The zero-order chi connectivity index (χ0) is 15.5. The predicted molar refractivity (Wildman–Crippen MR) is 85.9 cm³/mol. The molecule has 1 aliphatic rings. The van der Waals surface area contributed by atoms with E-state index in [4.69, 9.17) is 4.74 Å². The van der Waals surface area contributed by atoms with Gasteiger partial charge in [-0.15, -0.1) is 0 Å². The highest BCUT2D eigenvalue weighted by atomic mass is 79.9. The standard InChI is InChI=1S/C14H21BrN2O3S/c1-3-17-6-7-20-12(10-17)9-16-21(18,19)13-4-5-14(15)11(2)8-13/h4-5,8,12,16H,3,6-7,9-10H2,1-2H3. The molecule has 1 saturated heterocycles. The number of morpholine rings is 1. The first-order chi connectivity index (χ1) is 9.92. The topological polar surface area (TPSA) is 58.6 Å². The van der Waals surface area contributed by atoms with Crippen LogP contribution in [0.25, 0.3) is 0 Å². The van der Waals surface area contributed by atoms with Gasteiger partial charge in [-0.05, 0) is 37.2 Å². The molecule has 1 aliphatic heterocycles. The second kappa shape index (κ2) is 7.19. The van der Waals surface area contributed by atoms with Crippen molar-refractivity contribution in [1.29, 1.82) is 0 Å². The maximum absolute atomic E-state index is 12.3. The van der Waals surface area contributed by atoms with Crippen LogP contribution in [-0.2, 0) is 14.8 Å². The molecule has 0 amide bonds. The van der Waals surface area contributed by atoms with Crippen LogP contribution in [0.2, 0.25) is 0 Å². The number of hydrogen-bond donors (Lipinski definition) is 1. The number of benzene rings is 1. The van der Waals surface area contributed by atoms with Gasteiger partial charge in [-0.25, -0.2) is 13.1 Å². The number of nitrogens with zero attached hydrogens (tertiary/aromatic N) is 1. The smallest absolute Gasteiger partial charge is 0.240 e. The SMILES string of the molecule is CCN1CCOC(CNS(=O)(=O)c2ccc(Br)c(C)c2)C1. The van der Waals surface area contributed by atoms with Gasteiger partial charge in [0.15, 0.2) is 0 Å². The van der Waals surface area contributed by atoms with Gasteiger partial charge in [-0.1, -0.05) is 22.9 Å². The minimum atomic E-state index is -3.49. The highest BCUT2D eigenvalue weighted by Crippen LogP contribution is 2.20. The second-order valence-corrected chi connectivity index (χ2v) is 7.77. The molecule has 1 fully saturated rings. The number of aryl methyl sites for hydroxylation is 1. The van der Waals surface area contributed by atoms with Gasteiger partial charge >= 0.3 is 0 Å². The molecule has 2 rings (SSSR count). The van der Waals surface area contributed by atoms with Crippen LogP contribution in [0.1, 0.15) is 12.5 Å². The first kappa shape index (κ1) is 16.9. The van der Waals surface area contributed by atoms with E-state index in [0.717, 1.165) is 29.7 Å². The summed E-state index contributed by atoms with van der Waals surface area (Å²) in [6.07, 6.45) is -0.0926. The van der Waals surface area contributed by atoms with Crippen molar-refractivity contribution in [1.82, 2.24) is 9.62 Å². The molecule has 0 aliphatic carbocycles. The first-order valence-corrected chi connectivity index (χ1v) is 9.29. The van der Waals surface area contributed by atoms with E-state index < -0.39 is 10.0 Å². The Balaban J connectivity index is 1.99. The summed E-state index contributed by atoms with van der Waals surface area (Å²) in [7, 11) is -3.49. The molecule has 118 valence electrons. The van der Waals surface area contributed by atoms with E-state index in [1.165, 1.54) is 0 Å². The van der Waals surface area contributed by atoms with Crippen LogP contribution >= 0.6 is 15.9 Å². The van der Waals surface area contributed by atoms with Crippen LogP contribution in [0.3, 0.4) is 0 Å². The maximum Gasteiger partial charge on any atom is 0.240 e. The van der Waals surface area contributed by atoms with E-state index in [2.05, 4.69) is 32.5 Å². The van der Waals surface area contributed by atoms with Gasteiger partial charge in [-0.2, -0.15) is 0 Å². The molecular formula is C14H21BrN2O3S. The fourth-order valence-electron chi connectivity index (χ4n) is 2.26. The van der Waals surface area contributed by atoms with Crippen molar-refractivity contribution in [3.63, 3.8) is 0 Å². The van der Waals surface area contributed by atoms with E-state index in [9.17, 15) is 8.42 Å². The summed E-state index contributed by atoms with van der Waals surface area (Å²) in [5.74, 6) is 0. The summed E-state index contributed by atoms with van der Waals surface area (Å²) in [4.78, 5) is 2.54. The lowest BCUT2D eigenvalue weighted by molar-refractivity contribution is -0.0229. The number of sulfonamides is 1. The summed E-state index contributed by atoms with van der Waals surface area (Å²) in [5.41, 5.74) is 0.893. The highest BCUT2D eigenvalue weighted by molar-refractivity contribution is 9.10. The van der Waals surface area contributed by atoms with Crippen molar-refractivity contribution in [3.05, 3.63) is 28.2 Å². The van der Waals surface area contributed by atoms with Gasteiger partial charge < -0.3 is 4.74 Å². The summed E-state index contributed by atoms with van der Waals surface area (Å²) < 4.78 is 33.7. The summed E-state index contributed by atoms with van der Waals surface area (Å²) in [5, 5.41) is 0. The van der Waals surface area contributed by atoms with Crippen LogP contribution in [0.15, 0.2) is 27.6 Å². The lowest BCUT2D eigenvalue weighted by atomic mass is 10.2.